The zero-order chi connectivity index (χ0) is 9.83. The number of hydrazine groups is 2. The predicted molar refractivity (Wildman–Crippen MR) is 52.0 cm³/mol. The van der Waals surface area contributed by atoms with Crippen molar-refractivity contribution in [2.75, 3.05) is 0 Å². The van der Waals surface area contributed by atoms with Crippen LogP contribution in [0.15, 0.2) is 0 Å². The van der Waals surface area contributed by atoms with E-state index in [0.717, 1.165) is 12.8 Å². The van der Waals surface area contributed by atoms with E-state index in [1.54, 1.807) is 0 Å². The molecule has 12 heavy (non-hydrogen) atoms. The van der Waals surface area contributed by atoms with Crippen molar-refractivity contribution in [2.45, 2.75) is 51.6 Å². The van der Waals surface area contributed by atoms with Crippen molar-refractivity contribution in [1.29, 1.82) is 0 Å². The maximum Gasteiger partial charge on any atom is 0.0482 e. The van der Waals surface area contributed by atoms with Crippen LogP contribution in [0.2, 0.25) is 0 Å². The molecule has 0 aromatic carbocycles. The van der Waals surface area contributed by atoms with Gasteiger partial charge < -0.3 is 0 Å². The quantitative estimate of drug-likeness (QED) is 0.356. The van der Waals surface area contributed by atoms with E-state index in [4.69, 9.17) is 11.7 Å². The first-order valence-electron chi connectivity index (χ1n) is 4.45. The van der Waals surface area contributed by atoms with Gasteiger partial charge in [-0.2, -0.15) is 0 Å². The second-order valence-corrected chi connectivity index (χ2v) is 3.66. The number of hydrogen-bond acceptors (Lipinski definition) is 4. The van der Waals surface area contributed by atoms with Crippen LogP contribution in [0.25, 0.3) is 0 Å². The van der Waals surface area contributed by atoms with Crippen molar-refractivity contribution >= 4 is 0 Å². The lowest BCUT2D eigenvalue weighted by molar-refractivity contribution is 0.147. The lowest BCUT2D eigenvalue weighted by Crippen LogP contribution is -2.69. The molecule has 0 saturated carbocycles. The van der Waals surface area contributed by atoms with Crippen LogP contribution in [0.3, 0.4) is 0 Å². The van der Waals surface area contributed by atoms with E-state index in [9.17, 15) is 0 Å². The molecule has 0 bridgehead atoms. The van der Waals surface area contributed by atoms with E-state index < -0.39 is 0 Å². The third-order valence-electron chi connectivity index (χ3n) is 3.27. The molecule has 0 spiro atoms. The SMILES string of the molecule is CCC(C)(NN)C(C)(CC)NN. The van der Waals surface area contributed by atoms with Gasteiger partial charge in [0, 0.05) is 11.1 Å². The average molecular weight is 174 g/mol. The lowest BCUT2D eigenvalue weighted by atomic mass is 9.76. The van der Waals surface area contributed by atoms with E-state index in [1.165, 1.54) is 0 Å². The molecular formula is C8H22N4. The standard InChI is InChI=1S/C8H22N4/c1-5-7(3,11-9)8(4,6-2)12-10/h11-12H,5-6,9-10H2,1-4H3. The Hall–Kier alpha value is -0.160. The van der Waals surface area contributed by atoms with Crippen LogP contribution in [0.5, 0.6) is 0 Å². The molecule has 0 aliphatic heterocycles. The number of nitrogens with one attached hydrogen (secondary N) is 2. The zero-order valence-corrected chi connectivity index (χ0v) is 8.57. The third kappa shape index (κ3) is 1.77. The van der Waals surface area contributed by atoms with E-state index in [2.05, 4.69) is 38.5 Å². The minimum absolute atomic E-state index is 0.170. The van der Waals surface area contributed by atoms with Gasteiger partial charge in [-0.25, -0.2) is 0 Å². The fourth-order valence-electron chi connectivity index (χ4n) is 1.30. The molecule has 0 fully saturated rings. The summed E-state index contributed by atoms with van der Waals surface area (Å²) < 4.78 is 0. The summed E-state index contributed by atoms with van der Waals surface area (Å²) in [5.41, 5.74) is 5.32. The Bertz CT molecular complexity index is 111. The van der Waals surface area contributed by atoms with Crippen LogP contribution in [-0.2, 0) is 0 Å². The normalized spacial score (nSPS) is 21.5. The molecule has 74 valence electrons. The van der Waals surface area contributed by atoms with E-state index in [1.807, 2.05) is 0 Å². The Morgan fingerprint density at radius 3 is 1.25 bits per heavy atom. The van der Waals surface area contributed by atoms with Gasteiger partial charge in [0.05, 0.1) is 0 Å². The van der Waals surface area contributed by atoms with E-state index >= 15 is 0 Å². The first kappa shape index (κ1) is 11.8. The molecule has 0 aromatic rings. The highest BCUT2D eigenvalue weighted by Gasteiger charge is 2.40. The molecule has 0 aromatic heterocycles. The fraction of sp³-hybridized carbons (Fsp3) is 1.00. The van der Waals surface area contributed by atoms with Gasteiger partial charge in [0.1, 0.15) is 0 Å². The molecule has 4 nitrogen and oxygen atoms in total. The summed E-state index contributed by atoms with van der Waals surface area (Å²) in [4.78, 5) is 0. The highest BCUT2D eigenvalue weighted by molar-refractivity contribution is 5.01. The molecule has 0 rings (SSSR count). The Labute approximate surface area is 75.0 Å². The fourth-order valence-corrected chi connectivity index (χ4v) is 1.30. The maximum absolute atomic E-state index is 5.51. The Kier molecular flexibility index (Phi) is 4.13. The highest BCUT2D eigenvalue weighted by atomic mass is 15.3. The summed E-state index contributed by atoms with van der Waals surface area (Å²) in [6.45, 7) is 8.31. The molecule has 0 amide bonds. The minimum atomic E-state index is -0.170. The summed E-state index contributed by atoms with van der Waals surface area (Å²) in [5, 5.41) is 0. The van der Waals surface area contributed by atoms with Crippen molar-refractivity contribution in [3.05, 3.63) is 0 Å². The van der Waals surface area contributed by atoms with Crippen molar-refractivity contribution in [3.63, 3.8) is 0 Å². The number of nitrogens with two attached hydrogens (primary N) is 2. The lowest BCUT2D eigenvalue weighted by Gasteiger charge is -2.45. The van der Waals surface area contributed by atoms with Crippen LogP contribution < -0.4 is 22.5 Å². The highest BCUT2D eigenvalue weighted by Crippen LogP contribution is 2.26. The molecule has 0 heterocycles. The third-order valence-corrected chi connectivity index (χ3v) is 3.27. The second kappa shape index (κ2) is 4.18. The van der Waals surface area contributed by atoms with E-state index in [0.29, 0.717) is 0 Å². The summed E-state index contributed by atoms with van der Waals surface area (Å²) in [5.74, 6) is 11.0. The van der Waals surface area contributed by atoms with Gasteiger partial charge in [0.25, 0.3) is 0 Å². The molecule has 4 heteroatoms. The summed E-state index contributed by atoms with van der Waals surface area (Å²) in [6.07, 6.45) is 1.86. The average Bonchev–Trinajstić information content (AvgIpc) is 2.15. The Morgan fingerprint density at radius 1 is 0.917 bits per heavy atom. The van der Waals surface area contributed by atoms with Gasteiger partial charge in [-0.05, 0) is 26.7 Å². The van der Waals surface area contributed by atoms with E-state index in [-0.39, 0.29) is 11.1 Å². The molecule has 0 aliphatic rings. The first-order chi connectivity index (χ1) is 5.49. The van der Waals surface area contributed by atoms with Gasteiger partial charge in [-0.3, -0.25) is 22.5 Å². The number of hydrogen-bond donors (Lipinski definition) is 4. The van der Waals surface area contributed by atoms with Crippen molar-refractivity contribution in [2.24, 2.45) is 11.7 Å². The van der Waals surface area contributed by atoms with Crippen LogP contribution in [0, 0.1) is 0 Å². The molecule has 6 N–H and O–H groups in total. The Morgan fingerprint density at radius 2 is 1.17 bits per heavy atom. The van der Waals surface area contributed by atoms with Crippen molar-refractivity contribution in [1.82, 2.24) is 10.9 Å². The molecular weight excluding hydrogens is 152 g/mol. The van der Waals surface area contributed by atoms with Gasteiger partial charge >= 0.3 is 0 Å². The molecule has 2 atom stereocenters. The smallest absolute Gasteiger partial charge is 0.0482 e. The Balaban J connectivity index is 4.66. The minimum Gasteiger partial charge on any atom is -0.271 e. The largest absolute Gasteiger partial charge is 0.271 e. The van der Waals surface area contributed by atoms with Gasteiger partial charge in [0.15, 0.2) is 0 Å². The molecule has 0 aliphatic carbocycles. The molecule has 0 saturated heterocycles. The van der Waals surface area contributed by atoms with Crippen molar-refractivity contribution in [3.8, 4) is 0 Å². The van der Waals surface area contributed by atoms with Gasteiger partial charge in [0.2, 0.25) is 0 Å². The maximum atomic E-state index is 5.51. The summed E-state index contributed by atoms with van der Waals surface area (Å²) >= 11 is 0. The van der Waals surface area contributed by atoms with Crippen molar-refractivity contribution < 1.29 is 0 Å². The van der Waals surface area contributed by atoms with Crippen LogP contribution >= 0.6 is 0 Å². The monoisotopic (exact) mass is 174 g/mol. The second-order valence-electron chi connectivity index (χ2n) is 3.66. The van der Waals surface area contributed by atoms with Gasteiger partial charge in [-0.15, -0.1) is 0 Å². The summed E-state index contributed by atoms with van der Waals surface area (Å²) in [7, 11) is 0. The van der Waals surface area contributed by atoms with Gasteiger partial charge in [-0.1, -0.05) is 13.8 Å². The zero-order valence-electron chi connectivity index (χ0n) is 8.57. The number of rotatable bonds is 5. The molecule has 0 radical (unpaired) electrons. The first-order valence-corrected chi connectivity index (χ1v) is 4.45. The van der Waals surface area contributed by atoms with Crippen LogP contribution in [0.4, 0.5) is 0 Å². The van der Waals surface area contributed by atoms with Crippen LogP contribution in [-0.4, -0.2) is 11.1 Å². The molecule has 2 unspecified atom stereocenters. The predicted octanol–water partition coefficient (Wildman–Crippen LogP) is 0.250. The topological polar surface area (TPSA) is 76.1 Å². The van der Waals surface area contributed by atoms with Crippen LogP contribution in [0.1, 0.15) is 40.5 Å². The summed E-state index contributed by atoms with van der Waals surface area (Å²) in [6, 6.07) is 0.